The lowest BCUT2D eigenvalue weighted by molar-refractivity contribution is 0.142. The van der Waals surface area contributed by atoms with E-state index in [4.69, 9.17) is 11.6 Å². The van der Waals surface area contributed by atoms with E-state index in [1.54, 1.807) is 0 Å². The van der Waals surface area contributed by atoms with Crippen molar-refractivity contribution in [3.05, 3.63) is 29.3 Å². The Labute approximate surface area is 114 Å². The van der Waals surface area contributed by atoms with Crippen LogP contribution in [0.25, 0.3) is 0 Å². The Bertz CT molecular complexity index is 379. The van der Waals surface area contributed by atoms with Crippen molar-refractivity contribution in [1.29, 1.82) is 0 Å². The maximum absolute atomic E-state index is 9.78. The minimum Gasteiger partial charge on any atom is -0.394 e. The van der Waals surface area contributed by atoms with Gasteiger partial charge in [0.05, 0.1) is 12.1 Å². The standard InChI is InChI=1S/C15H22ClNO/c1-2-12-4-3-9-15(10-12,11-18)17-14-7-5-13(16)6-8-14/h5-8,12,17-18H,2-4,9-11H2,1H3. The topological polar surface area (TPSA) is 32.3 Å². The SMILES string of the molecule is CCC1CCCC(CO)(Nc2ccc(Cl)cc2)C1. The molecule has 0 heterocycles. The Morgan fingerprint density at radius 3 is 2.72 bits per heavy atom. The van der Waals surface area contributed by atoms with Gasteiger partial charge in [-0.05, 0) is 43.0 Å². The van der Waals surface area contributed by atoms with E-state index in [1.165, 1.54) is 19.3 Å². The fourth-order valence-electron chi connectivity index (χ4n) is 2.97. The molecule has 0 spiro atoms. The summed E-state index contributed by atoms with van der Waals surface area (Å²) in [5.74, 6) is 0.728. The number of rotatable bonds is 4. The molecule has 2 rings (SSSR count). The minimum absolute atomic E-state index is 0.146. The molecule has 2 atom stereocenters. The second kappa shape index (κ2) is 5.94. The summed E-state index contributed by atoms with van der Waals surface area (Å²) < 4.78 is 0. The van der Waals surface area contributed by atoms with Crippen LogP contribution in [0.15, 0.2) is 24.3 Å². The fourth-order valence-corrected chi connectivity index (χ4v) is 3.10. The predicted octanol–water partition coefficient (Wildman–Crippen LogP) is 4.08. The van der Waals surface area contributed by atoms with Gasteiger partial charge in [0.15, 0.2) is 0 Å². The molecule has 1 aliphatic carbocycles. The first-order valence-corrected chi connectivity index (χ1v) is 7.20. The normalized spacial score (nSPS) is 28.1. The Hall–Kier alpha value is -0.730. The molecule has 1 fully saturated rings. The maximum atomic E-state index is 9.78. The Kier molecular flexibility index (Phi) is 4.52. The van der Waals surface area contributed by atoms with Gasteiger partial charge in [-0.15, -0.1) is 0 Å². The number of benzene rings is 1. The van der Waals surface area contributed by atoms with E-state index in [9.17, 15) is 5.11 Å². The van der Waals surface area contributed by atoms with Crippen molar-refractivity contribution >= 4 is 17.3 Å². The lowest BCUT2D eigenvalue weighted by Crippen LogP contribution is -2.46. The number of aliphatic hydroxyl groups is 1. The Morgan fingerprint density at radius 2 is 2.11 bits per heavy atom. The molecule has 18 heavy (non-hydrogen) atoms. The second-order valence-corrected chi connectivity index (χ2v) is 5.88. The van der Waals surface area contributed by atoms with Crippen molar-refractivity contribution in [2.24, 2.45) is 5.92 Å². The lowest BCUT2D eigenvalue weighted by Gasteiger charge is -2.41. The van der Waals surface area contributed by atoms with Crippen molar-refractivity contribution in [2.75, 3.05) is 11.9 Å². The van der Waals surface area contributed by atoms with Gasteiger partial charge in [-0.1, -0.05) is 37.8 Å². The van der Waals surface area contributed by atoms with Crippen LogP contribution in [0, 0.1) is 5.92 Å². The summed E-state index contributed by atoms with van der Waals surface area (Å²) in [5.41, 5.74) is 0.900. The molecular formula is C15H22ClNO. The highest BCUT2D eigenvalue weighted by Crippen LogP contribution is 2.36. The highest BCUT2D eigenvalue weighted by atomic mass is 35.5. The van der Waals surface area contributed by atoms with E-state index >= 15 is 0 Å². The van der Waals surface area contributed by atoms with Crippen molar-refractivity contribution < 1.29 is 5.11 Å². The van der Waals surface area contributed by atoms with Crippen LogP contribution in [0.5, 0.6) is 0 Å². The molecular weight excluding hydrogens is 246 g/mol. The zero-order valence-corrected chi connectivity index (χ0v) is 11.7. The van der Waals surface area contributed by atoms with Crippen LogP contribution in [-0.4, -0.2) is 17.3 Å². The monoisotopic (exact) mass is 267 g/mol. The van der Waals surface area contributed by atoms with Crippen molar-refractivity contribution in [1.82, 2.24) is 0 Å². The average molecular weight is 268 g/mol. The van der Waals surface area contributed by atoms with E-state index in [0.717, 1.165) is 29.5 Å². The zero-order valence-electron chi connectivity index (χ0n) is 11.0. The lowest BCUT2D eigenvalue weighted by atomic mass is 9.75. The molecule has 0 radical (unpaired) electrons. The summed E-state index contributed by atoms with van der Waals surface area (Å²) in [5, 5.41) is 14.1. The maximum Gasteiger partial charge on any atom is 0.0661 e. The summed E-state index contributed by atoms with van der Waals surface area (Å²) in [4.78, 5) is 0. The van der Waals surface area contributed by atoms with E-state index in [0.29, 0.717) is 0 Å². The fraction of sp³-hybridized carbons (Fsp3) is 0.600. The quantitative estimate of drug-likeness (QED) is 0.861. The summed E-state index contributed by atoms with van der Waals surface area (Å²) in [6.45, 7) is 2.44. The molecule has 0 aliphatic heterocycles. The van der Waals surface area contributed by atoms with Gasteiger partial charge in [-0.3, -0.25) is 0 Å². The van der Waals surface area contributed by atoms with Crippen LogP contribution in [-0.2, 0) is 0 Å². The highest BCUT2D eigenvalue weighted by molar-refractivity contribution is 6.30. The molecule has 1 aromatic rings. The summed E-state index contributed by atoms with van der Waals surface area (Å²) in [6, 6.07) is 7.73. The highest BCUT2D eigenvalue weighted by Gasteiger charge is 2.35. The Balaban J connectivity index is 2.09. The molecule has 0 saturated heterocycles. The van der Waals surface area contributed by atoms with Gasteiger partial charge in [-0.25, -0.2) is 0 Å². The molecule has 0 bridgehead atoms. The van der Waals surface area contributed by atoms with Gasteiger partial charge in [0.2, 0.25) is 0 Å². The van der Waals surface area contributed by atoms with Crippen LogP contribution in [0.3, 0.4) is 0 Å². The number of aliphatic hydroxyl groups excluding tert-OH is 1. The van der Waals surface area contributed by atoms with E-state index in [1.807, 2.05) is 24.3 Å². The summed E-state index contributed by atoms with van der Waals surface area (Å²) >= 11 is 5.89. The molecule has 1 aromatic carbocycles. The molecule has 3 heteroatoms. The number of nitrogens with one attached hydrogen (secondary N) is 1. The molecule has 1 aliphatic rings. The number of anilines is 1. The Morgan fingerprint density at radius 1 is 1.39 bits per heavy atom. The zero-order chi connectivity index (χ0) is 13.0. The van der Waals surface area contributed by atoms with E-state index in [2.05, 4.69) is 12.2 Å². The van der Waals surface area contributed by atoms with Crippen molar-refractivity contribution in [3.8, 4) is 0 Å². The van der Waals surface area contributed by atoms with Crippen LogP contribution in [0.2, 0.25) is 5.02 Å². The van der Waals surface area contributed by atoms with Crippen LogP contribution in [0.4, 0.5) is 5.69 Å². The van der Waals surface area contributed by atoms with E-state index < -0.39 is 0 Å². The molecule has 2 N–H and O–H groups in total. The van der Waals surface area contributed by atoms with Gasteiger partial charge in [0.1, 0.15) is 0 Å². The van der Waals surface area contributed by atoms with Gasteiger partial charge in [0, 0.05) is 10.7 Å². The number of hydrogen-bond donors (Lipinski definition) is 2. The minimum atomic E-state index is -0.146. The summed E-state index contributed by atoms with van der Waals surface area (Å²) in [7, 11) is 0. The van der Waals surface area contributed by atoms with Gasteiger partial charge >= 0.3 is 0 Å². The summed E-state index contributed by atoms with van der Waals surface area (Å²) in [6.07, 6.45) is 5.79. The molecule has 100 valence electrons. The van der Waals surface area contributed by atoms with Crippen molar-refractivity contribution in [2.45, 2.75) is 44.6 Å². The molecule has 2 unspecified atom stereocenters. The third-order valence-electron chi connectivity index (χ3n) is 4.08. The largest absolute Gasteiger partial charge is 0.394 e. The number of hydrogen-bond acceptors (Lipinski definition) is 2. The first kappa shape index (κ1) is 13.7. The predicted molar refractivity (Wildman–Crippen MR) is 77.1 cm³/mol. The molecule has 0 amide bonds. The van der Waals surface area contributed by atoms with Crippen LogP contribution in [0.1, 0.15) is 39.0 Å². The first-order chi connectivity index (χ1) is 8.67. The first-order valence-electron chi connectivity index (χ1n) is 6.82. The number of halogens is 1. The molecule has 1 saturated carbocycles. The van der Waals surface area contributed by atoms with Crippen LogP contribution >= 0.6 is 11.6 Å². The average Bonchev–Trinajstić information content (AvgIpc) is 2.42. The van der Waals surface area contributed by atoms with E-state index in [-0.39, 0.29) is 12.1 Å². The van der Waals surface area contributed by atoms with Crippen molar-refractivity contribution in [3.63, 3.8) is 0 Å². The second-order valence-electron chi connectivity index (χ2n) is 5.44. The molecule has 0 aromatic heterocycles. The van der Waals surface area contributed by atoms with Gasteiger partial charge in [-0.2, -0.15) is 0 Å². The van der Waals surface area contributed by atoms with Crippen LogP contribution < -0.4 is 5.32 Å². The smallest absolute Gasteiger partial charge is 0.0661 e. The molecule has 2 nitrogen and oxygen atoms in total. The van der Waals surface area contributed by atoms with Gasteiger partial charge < -0.3 is 10.4 Å². The third-order valence-corrected chi connectivity index (χ3v) is 4.33. The van der Waals surface area contributed by atoms with Gasteiger partial charge in [0.25, 0.3) is 0 Å². The third kappa shape index (κ3) is 3.18.